The van der Waals surface area contributed by atoms with Crippen LogP contribution in [0.5, 0.6) is 0 Å². The van der Waals surface area contributed by atoms with E-state index in [9.17, 15) is 0 Å². The topological polar surface area (TPSA) is 34.0 Å². The van der Waals surface area contributed by atoms with Crippen LogP contribution in [-0.2, 0) is 0 Å². The van der Waals surface area contributed by atoms with Crippen LogP contribution in [0, 0.1) is 0 Å². The van der Waals surface area contributed by atoms with Crippen LogP contribution < -0.4 is 4.90 Å². The predicted octanol–water partition coefficient (Wildman–Crippen LogP) is 13.7. The van der Waals surface area contributed by atoms with Gasteiger partial charge in [-0.1, -0.05) is 158 Å². The lowest BCUT2D eigenvalue weighted by atomic mass is 10.0. The van der Waals surface area contributed by atoms with Crippen molar-refractivity contribution < 1.29 is 0 Å². The number of hydrogen-bond donors (Lipinski definition) is 0. The molecule has 4 nitrogen and oxygen atoms in total. The van der Waals surface area contributed by atoms with Crippen molar-refractivity contribution in [2.24, 2.45) is 0 Å². The minimum absolute atomic E-state index is 0.649. The third-order valence-electron chi connectivity index (χ3n) is 10.5. The highest BCUT2D eigenvalue weighted by Gasteiger charge is 2.17. The maximum absolute atomic E-state index is 4.88. The van der Waals surface area contributed by atoms with Gasteiger partial charge in [-0.15, -0.1) is 0 Å². The molecule has 0 spiro atoms. The first-order valence-electron chi connectivity index (χ1n) is 18.9. The summed E-state index contributed by atoms with van der Waals surface area (Å²) in [5, 5.41) is 2.34. The van der Waals surface area contributed by atoms with Crippen LogP contribution in [0.15, 0.2) is 219 Å². The predicted molar refractivity (Wildman–Crippen MR) is 233 cm³/mol. The summed E-state index contributed by atoms with van der Waals surface area (Å²) in [5.74, 6) is 0.649. The normalized spacial score (nSPS) is 11.2. The zero-order valence-electron chi connectivity index (χ0n) is 30.6. The van der Waals surface area contributed by atoms with Crippen molar-refractivity contribution in [1.29, 1.82) is 0 Å². The fourth-order valence-electron chi connectivity index (χ4n) is 7.70. The average molecular weight is 717 g/mol. The Labute approximate surface area is 326 Å². The Morgan fingerprint density at radius 1 is 0.304 bits per heavy atom. The molecule has 8 aromatic carbocycles. The monoisotopic (exact) mass is 716 g/mol. The van der Waals surface area contributed by atoms with Crippen LogP contribution >= 0.6 is 0 Å². The second-order valence-corrected chi connectivity index (χ2v) is 13.9. The fourth-order valence-corrected chi connectivity index (χ4v) is 7.70. The van der Waals surface area contributed by atoms with Crippen LogP contribution in [0.25, 0.3) is 72.3 Å². The molecule has 0 amide bonds. The van der Waals surface area contributed by atoms with E-state index in [1.807, 2.05) is 30.6 Å². The molecule has 0 aliphatic rings. The fraction of sp³-hybridized carbons (Fsp3) is 0. The molecule has 0 atom stereocenters. The Hall–Kier alpha value is -7.56. The maximum Gasteiger partial charge on any atom is 0.234 e. The number of nitrogens with zero attached hydrogens (tertiary/aromatic N) is 4. The minimum Gasteiger partial charge on any atom is -0.311 e. The Kier molecular flexibility index (Phi) is 8.47. The molecule has 0 bridgehead atoms. The highest BCUT2D eigenvalue weighted by atomic mass is 15.2. The van der Waals surface area contributed by atoms with Crippen molar-refractivity contribution in [1.82, 2.24) is 14.5 Å². The van der Waals surface area contributed by atoms with Gasteiger partial charge in [-0.25, -0.2) is 9.97 Å². The lowest BCUT2D eigenvalue weighted by molar-refractivity contribution is 0.990. The summed E-state index contributed by atoms with van der Waals surface area (Å²) in [4.78, 5) is 12.1. The molecule has 0 aliphatic carbocycles. The quantitative estimate of drug-likeness (QED) is 0.157. The number of aromatic nitrogens is 3. The Balaban J connectivity index is 1.03. The number of benzene rings is 8. The van der Waals surface area contributed by atoms with Gasteiger partial charge in [0, 0.05) is 45.8 Å². The van der Waals surface area contributed by atoms with Crippen molar-refractivity contribution in [3.63, 3.8) is 0 Å². The van der Waals surface area contributed by atoms with E-state index in [1.54, 1.807) is 0 Å². The molecule has 10 rings (SSSR count). The van der Waals surface area contributed by atoms with Gasteiger partial charge in [-0.05, 0) is 87.5 Å². The van der Waals surface area contributed by atoms with Gasteiger partial charge < -0.3 is 4.90 Å². The standard InChI is InChI=1S/C52H36N4/c1-4-12-37(13-5-1)40-20-27-45(28-21-40)55(46-29-22-41(23-30-46)38-14-6-2-7-15-38)47-31-24-42(25-32-47)43-26-33-49-48-18-10-11-19-50(48)56(51(49)34-43)52-53-35-44(36-54-52)39-16-8-3-9-17-39/h1-36H. The van der Waals surface area contributed by atoms with Gasteiger partial charge in [-0.3, -0.25) is 4.57 Å². The summed E-state index contributed by atoms with van der Waals surface area (Å²) in [7, 11) is 0. The Morgan fingerprint density at radius 2 is 0.679 bits per heavy atom. The molecule has 0 N–H and O–H groups in total. The number of anilines is 3. The van der Waals surface area contributed by atoms with E-state index in [4.69, 9.17) is 9.97 Å². The molecule has 0 radical (unpaired) electrons. The summed E-state index contributed by atoms with van der Waals surface area (Å²) < 4.78 is 2.18. The molecule has 2 heterocycles. The van der Waals surface area contributed by atoms with E-state index >= 15 is 0 Å². The lowest BCUT2D eigenvalue weighted by Crippen LogP contribution is -2.09. The molecule has 10 aromatic rings. The van der Waals surface area contributed by atoms with E-state index in [-0.39, 0.29) is 0 Å². The first kappa shape index (κ1) is 33.0. The van der Waals surface area contributed by atoms with Crippen molar-refractivity contribution >= 4 is 38.9 Å². The molecular formula is C52H36N4. The molecule has 0 saturated heterocycles. The Morgan fingerprint density at radius 3 is 1.18 bits per heavy atom. The first-order chi connectivity index (χ1) is 27.8. The molecule has 0 unspecified atom stereocenters. The van der Waals surface area contributed by atoms with Gasteiger partial charge in [0.05, 0.1) is 11.0 Å². The van der Waals surface area contributed by atoms with Gasteiger partial charge in [0.1, 0.15) is 0 Å². The number of para-hydroxylation sites is 1. The molecule has 264 valence electrons. The molecule has 0 saturated carbocycles. The van der Waals surface area contributed by atoms with Crippen LogP contribution in [0.4, 0.5) is 17.1 Å². The van der Waals surface area contributed by atoms with Gasteiger partial charge in [0.15, 0.2) is 0 Å². The van der Waals surface area contributed by atoms with Crippen LogP contribution in [-0.4, -0.2) is 14.5 Å². The molecule has 4 heteroatoms. The van der Waals surface area contributed by atoms with Gasteiger partial charge >= 0.3 is 0 Å². The zero-order chi connectivity index (χ0) is 37.3. The average Bonchev–Trinajstić information content (AvgIpc) is 3.62. The van der Waals surface area contributed by atoms with Crippen LogP contribution in [0.3, 0.4) is 0 Å². The highest BCUT2D eigenvalue weighted by Crippen LogP contribution is 2.39. The van der Waals surface area contributed by atoms with Crippen LogP contribution in [0.1, 0.15) is 0 Å². The van der Waals surface area contributed by atoms with Crippen molar-refractivity contribution in [3.8, 4) is 50.5 Å². The maximum atomic E-state index is 4.88. The molecule has 2 aromatic heterocycles. The Bertz CT molecular complexity index is 2820. The van der Waals surface area contributed by atoms with Gasteiger partial charge in [-0.2, -0.15) is 0 Å². The second-order valence-electron chi connectivity index (χ2n) is 13.9. The lowest BCUT2D eigenvalue weighted by Gasteiger charge is -2.26. The summed E-state index contributed by atoms with van der Waals surface area (Å²) in [6.07, 6.45) is 3.83. The number of rotatable bonds is 8. The molecule has 0 aliphatic heterocycles. The van der Waals surface area contributed by atoms with E-state index in [2.05, 4.69) is 198 Å². The van der Waals surface area contributed by atoms with Gasteiger partial charge in [0.2, 0.25) is 5.95 Å². The molecular weight excluding hydrogens is 681 g/mol. The first-order valence-corrected chi connectivity index (χ1v) is 18.9. The number of hydrogen-bond acceptors (Lipinski definition) is 3. The second kappa shape index (κ2) is 14.3. The minimum atomic E-state index is 0.649. The van der Waals surface area contributed by atoms with Crippen molar-refractivity contribution in [2.45, 2.75) is 0 Å². The third-order valence-corrected chi connectivity index (χ3v) is 10.5. The van der Waals surface area contributed by atoms with Crippen molar-refractivity contribution in [3.05, 3.63) is 219 Å². The van der Waals surface area contributed by atoms with E-state index in [1.165, 1.54) is 33.0 Å². The SMILES string of the molecule is c1ccc(-c2ccc(N(c3ccc(-c4ccccc4)cc3)c3ccc(-c4ccc5c6ccccc6n(-c6ncc(-c7ccccc7)cn6)c5c4)cc3)cc2)cc1. The van der Waals surface area contributed by atoms with Crippen LogP contribution in [0.2, 0.25) is 0 Å². The van der Waals surface area contributed by atoms with Gasteiger partial charge in [0.25, 0.3) is 0 Å². The molecule has 56 heavy (non-hydrogen) atoms. The summed E-state index contributed by atoms with van der Waals surface area (Å²) in [6.45, 7) is 0. The third kappa shape index (κ3) is 6.19. The zero-order valence-corrected chi connectivity index (χ0v) is 30.6. The summed E-state index contributed by atoms with van der Waals surface area (Å²) in [6, 6.07) is 73.1. The van der Waals surface area contributed by atoms with E-state index in [0.717, 1.165) is 50.3 Å². The molecule has 0 fully saturated rings. The summed E-state index contributed by atoms with van der Waals surface area (Å²) in [5.41, 5.74) is 14.5. The van der Waals surface area contributed by atoms with E-state index in [0.29, 0.717) is 5.95 Å². The van der Waals surface area contributed by atoms with Crippen molar-refractivity contribution in [2.75, 3.05) is 4.90 Å². The largest absolute Gasteiger partial charge is 0.311 e. The van der Waals surface area contributed by atoms with E-state index < -0.39 is 0 Å². The highest BCUT2D eigenvalue weighted by molar-refractivity contribution is 6.10. The smallest absolute Gasteiger partial charge is 0.234 e. The summed E-state index contributed by atoms with van der Waals surface area (Å²) >= 11 is 0. The number of fused-ring (bicyclic) bond motifs is 3.